The number of anilines is 2. The SMILES string of the molecule is Cc1nsc(N2C[C@H]3C[C@H](N(C)c4ncnc5[nH]ccc45)C[C@H]3C2)n1. The van der Waals surface area contributed by atoms with Crippen molar-refractivity contribution in [2.45, 2.75) is 25.8 Å². The van der Waals surface area contributed by atoms with Crippen LogP contribution in [0.1, 0.15) is 18.7 Å². The normalized spacial score (nSPS) is 25.7. The lowest BCUT2D eigenvalue weighted by Gasteiger charge is -2.27. The minimum absolute atomic E-state index is 0.543. The van der Waals surface area contributed by atoms with E-state index in [2.05, 4.69) is 47.2 Å². The number of hydrogen-bond donors (Lipinski definition) is 1. The first-order valence-electron chi connectivity index (χ1n) is 8.75. The molecule has 4 heterocycles. The third-order valence-electron chi connectivity index (χ3n) is 5.73. The van der Waals surface area contributed by atoms with Crippen molar-refractivity contribution in [2.75, 3.05) is 29.9 Å². The number of rotatable bonds is 3. The molecule has 0 spiro atoms. The molecule has 1 aliphatic heterocycles. The molecular weight excluding hydrogens is 334 g/mol. The second-order valence-electron chi connectivity index (χ2n) is 7.22. The minimum atomic E-state index is 0.543. The van der Waals surface area contributed by atoms with E-state index in [9.17, 15) is 0 Å². The predicted molar refractivity (Wildman–Crippen MR) is 99.2 cm³/mol. The standard InChI is InChI=1S/C17H21N7S/c1-10-21-17(25-22-10)24-7-11-5-13(6-12(11)8-24)23(2)16-14-3-4-18-15(14)19-9-20-16/h3-4,9,11-13H,5-8H2,1-2H3,(H,18,19,20)/t11-,12+,13+. The largest absolute Gasteiger partial charge is 0.356 e. The van der Waals surface area contributed by atoms with Gasteiger partial charge in [-0.3, -0.25) is 0 Å². The van der Waals surface area contributed by atoms with E-state index in [1.54, 1.807) is 6.33 Å². The average Bonchev–Trinajstić information content (AvgIpc) is 3.35. The minimum Gasteiger partial charge on any atom is -0.356 e. The average molecular weight is 355 g/mol. The van der Waals surface area contributed by atoms with Gasteiger partial charge in [-0.1, -0.05) is 0 Å². The quantitative estimate of drug-likeness (QED) is 0.778. The van der Waals surface area contributed by atoms with Crippen molar-refractivity contribution in [1.29, 1.82) is 0 Å². The first-order valence-corrected chi connectivity index (χ1v) is 9.52. The zero-order valence-electron chi connectivity index (χ0n) is 14.4. The topological polar surface area (TPSA) is 73.8 Å². The Morgan fingerprint density at radius 2 is 2.04 bits per heavy atom. The predicted octanol–water partition coefficient (Wildman–Crippen LogP) is 2.47. The van der Waals surface area contributed by atoms with Crippen LogP contribution in [0, 0.1) is 18.8 Å². The van der Waals surface area contributed by atoms with Gasteiger partial charge in [0.05, 0.1) is 5.39 Å². The van der Waals surface area contributed by atoms with Gasteiger partial charge in [0.15, 0.2) is 0 Å². The molecule has 0 unspecified atom stereocenters. The van der Waals surface area contributed by atoms with Crippen molar-refractivity contribution >= 4 is 33.5 Å². The van der Waals surface area contributed by atoms with Crippen molar-refractivity contribution in [2.24, 2.45) is 11.8 Å². The highest BCUT2D eigenvalue weighted by Gasteiger charge is 2.43. The van der Waals surface area contributed by atoms with E-state index in [4.69, 9.17) is 0 Å². The zero-order valence-corrected chi connectivity index (χ0v) is 15.2. The molecular formula is C17H21N7S. The molecule has 2 fully saturated rings. The van der Waals surface area contributed by atoms with E-state index < -0.39 is 0 Å². The van der Waals surface area contributed by atoms with Gasteiger partial charge in [-0.2, -0.15) is 4.37 Å². The van der Waals surface area contributed by atoms with E-state index >= 15 is 0 Å². The summed E-state index contributed by atoms with van der Waals surface area (Å²) in [6.07, 6.45) is 6.01. The van der Waals surface area contributed by atoms with E-state index in [1.165, 1.54) is 24.4 Å². The maximum Gasteiger partial charge on any atom is 0.205 e. The highest BCUT2D eigenvalue weighted by atomic mass is 32.1. The summed E-state index contributed by atoms with van der Waals surface area (Å²) in [6.45, 7) is 4.17. The summed E-state index contributed by atoms with van der Waals surface area (Å²) in [5, 5.41) is 2.19. The van der Waals surface area contributed by atoms with Crippen LogP contribution in [-0.4, -0.2) is 50.5 Å². The van der Waals surface area contributed by atoms with Crippen LogP contribution >= 0.6 is 11.5 Å². The molecule has 0 bridgehead atoms. The Hall–Kier alpha value is -2.22. The van der Waals surface area contributed by atoms with Crippen LogP contribution in [0.5, 0.6) is 0 Å². The first kappa shape index (κ1) is 15.1. The van der Waals surface area contributed by atoms with Gasteiger partial charge in [0.25, 0.3) is 0 Å². The van der Waals surface area contributed by atoms with Crippen LogP contribution in [0.25, 0.3) is 11.0 Å². The molecule has 130 valence electrons. The molecule has 0 amide bonds. The van der Waals surface area contributed by atoms with Gasteiger partial charge in [0.2, 0.25) is 5.13 Å². The lowest BCUT2D eigenvalue weighted by Crippen LogP contribution is -2.32. The summed E-state index contributed by atoms with van der Waals surface area (Å²) in [5.41, 5.74) is 0.910. The van der Waals surface area contributed by atoms with Gasteiger partial charge >= 0.3 is 0 Å². The Bertz CT molecular complexity index is 889. The molecule has 7 nitrogen and oxygen atoms in total. The first-order chi connectivity index (χ1) is 12.2. The Morgan fingerprint density at radius 1 is 1.24 bits per heavy atom. The number of aryl methyl sites for hydroxylation is 1. The van der Waals surface area contributed by atoms with Gasteiger partial charge in [0.1, 0.15) is 23.6 Å². The van der Waals surface area contributed by atoms with Crippen LogP contribution in [-0.2, 0) is 0 Å². The summed E-state index contributed by atoms with van der Waals surface area (Å²) in [7, 11) is 2.17. The maximum absolute atomic E-state index is 4.55. The molecule has 3 aromatic heterocycles. The van der Waals surface area contributed by atoms with Crippen molar-refractivity contribution in [1.82, 2.24) is 24.3 Å². The fourth-order valence-corrected chi connectivity index (χ4v) is 5.16. The van der Waals surface area contributed by atoms with Crippen LogP contribution in [0.3, 0.4) is 0 Å². The van der Waals surface area contributed by atoms with E-state index in [-0.39, 0.29) is 0 Å². The molecule has 0 radical (unpaired) electrons. The molecule has 0 aromatic carbocycles. The number of aromatic nitrogens is 5. The highest BCUT2D eigenvalue weighted by Crippen LogP contribution is 2.42. The van der Waals surface area contributed by atoms with Crippen LogP contribution in [0.15, 0.2) is 18.6 Å². The lowest BCUT2D eigenvalue weighted by atomic mass is 10.0. The molecule has 1 aliphatic carbocycles. The van der Waals surface area contributed by atoms with E-state index in [1.807, 2.05) is 13.1 Å². The van der Waals surface area contributed by atoms with Crippen molar-refractivity contribution in [3.05, 3.63) is 24.4 Å². The fraction of sp³-hybridized carbons (Fsp3) is 0.529. The molecule has 3 atom stereocenters. The fourth-order valence-electron chi connectivity index (χ4n) is 4.47. The van der Waals surface area contributed by atoms with Crippen LogP contribution < -0.4 is 9.80 Å². The Morgan fingerprint density at radius 3 is 2.76 bits per heavy atom. The summed E-state index contributed by atoms with van der Waals surface area (Å²) < 4.78 is 4.33. The van der Waals surface area contributed by atoms with Crippen molar-refractivity contribution in [3.8, 4) is 0 Å². The molecule has 1 saturated heterocycles. The van der Waals surface area contributed by atoms with E-state index in [0.717, 1.165) is 52.7 Å². The highest BCUT2D eigenvalue weighted by molar-refractivity contribution is 7.09. The Balaban J connectivity index is 1.32. The van der Waals surface area contributed by atoms with Crippen molar-refractivity contribution < 1.29 is 0 Å². The lowest BCUT2D eigenvalue weighted by molar-refractivity contribution is 0.494. The Labute approximate surface area is 150 Å². The summed E-state index contributed by atoms with van der Waals surface area (Å²) in [5.74, 6) is 3.39. The number of nitrogens with zero attached hydrogens (tertiary/aromatic N) is 6. The van der Waals surface area contributed by atoms with Gasteiger partial charge < -0.3 is 14.8 Å². The summed E-state index contributed by atoms with van der Waals surface area (Å²) >= 11 is 1.53. The van der Waals surface area contributed by atoms with Gasteiger partial charge in [-0.25, -0.2) is 15.0 Å². The molecule has 1 N–H and O–H groups in total. The van der Waals surface area contributed by atoms with Gasteiger partial charge in [-0.15, -0.1) is 0 Å². The number of hydrogen-bond acceptors (Lipinski definition) is 7. The smallest absolute Gasteiger partial charge is 0.205 e. The number of nitrogens with one attached hydrogen (secondary N) is 1. The molecule has 8 heteroatoms. The zero-order chi connectivity index (χ0) is 17.0. The summed E-state index contributed by atoms with van der Waals surface area (Å²) in [6, 6.07) is 2.61. The maximum atomic E-state index is 4.55. The van der Waals surface area contributed by atoms with Gasteiger partial charge in [-0.05, 0) is 37.7 Å². The third-order valence-corrected chi connectivity index (χ3v) is 6.60. The second kappa shape index (κ2) is 5.66. The molecule has 5 rings (SSSR count). The van der Waals surface area contributed by atoms with Crippen molar-refractivity contribution in [3.63, 3.8) is 0 Å². The van der Waals surface area contributed by atoms with Gasteiger partial charge in [0, 0.05) is 43.9 Å². The molecule has 1 saturated carbocycles. The second-order valence-corrected chi connectivity index (χ2v) is 7.95. The third kappa shape index (κ3) is 2.47. The Kier molecular flexibility index (Phi) is 3.41. The number of H-pyrrole nitrogens is 1. The van der Waals surface area contributed by atoms with Crippen LogP contribution in [0.4, 0.5) is 10.9 Å². The van der Waals surface area contributed by atoms with E-state index in [0.29, 0.717) is 6.04 Å². The molecule has 3 aromatic rings. The van der Waals surface area contributed by atoms with Crippen LogP contribution in [0.2, 0.25) is 0 Å². The monoisotopic (exact) mass is 355 g/mol. The number of aromatic amines is 1. The summed E-state index contributed by atoms with van der Waals surface area (Å²) in [4.78, 5) is 21.4. The number of fused-ring (bicyclic) bond motifs is 2. The molecule has 2 aliphatic rings. The molecule has 25 heavy (non-hydrogen) atoms.